The average molecular weight is 688 g/mol. The number of fused-ring (bicyclic) bond motifs is 1. The molecule has 47 heavy (non-hydrogen) atoms. The Labute approximate surface area is 281 Å². The van der Waals surface area contributed by atoms with Crippen molar-refractivity contribution in [3.63, 3.8) is 0 Å². The van der Waals surface area contributed by atoms with Crippen LogP contribution in [0.2, 0.25) is 0 Å². The van der Waals surface area contributed by atoms with Gasteiger partial charge in [-0.15, -0.1) is 0 Å². The normalized spacial score (nSPS) is 22.5. The van der Waals surface area contributed by atoms with E-state index >= 15 is 0 Å². The monoisotopic (exact) mass is 687 g/mol. The van der Waals surface area contributed by atoms with Crippen molar-refractivity contribution in [2.45, 2.75) is 135 Å². The van der Waals surface area contributed by atoms with Crippen LogP contribution in [-0.2, 0) is 19.6 Å². The van der Waals surface area contributed by atoms with Crippen LogP contribution in [0.25, 0.3) is 11.2 Å². The zero-order valence-electron chi connectivity index (χ0n) is 29.4. The van der Waals surface area contributed by atoms with E-state index in [9.17, 15) is 18.6 Å². The van der Waals surface area contributed by atoms with Crippen LogP contribution >= 0.6 is 0 Å². The second-order valence-corrected chi connectivity index (χ2v) is 17.2. The van der Waals surface area contributed by atoms with Crippen LogP contribution < -0.4 is 9.92 Å². The van der Waals surface area contributed by atoms with Crippen LogP contribution in [0.3, 0.4) is 0 Å². The third-order valence-corrected chi connectivity index (χ3v) is 10.2. The predicted octanol–water partition coefficient (Wildman–Crippen LogP) is 4.70. The van der Waals surface area contributed by atoms with Crippen molar-refractivity contribution >= 4 is 42.4 Å². The number of nitrogen functional groups attached to an aromatic ring is 1. The maximum atomic E-state index is 14.2. The van der Waals surface area contributed by atoms with E-state index < -0.39 is 45.2 Å². The Bertz CT molecular complexity index is 1750. The van der Waals surface area contributed by atoms with Gasteiger partial charge in [-0.05, 0) is 60.6 Å². The summed E-state index contributed by atoms with van der Waals surface area (Å²) >= 11 is 0. The molecule has 12 nitrogen and oxygen atoms in total. The zero-order chi connectivity index (χ0) is 35.6. The SMILES string of the molecule is CC(C)c1cc(C(C)C)c(S(=O)(=O)Oc2nc(N)nc3c2ncn3[C@@H]2O[C@H](C(=[Si])OC(C)(C)C)[C@](O)(C(C)(C)C)[C@H]2O)c(C(C)C)c1. The molecule has 1 saturated heterocycles. The molecule has 2 radical (unpaired) electrons. The van der Waals surface area contributed by atoms with Crippen molar-refractivity contribution in [1.29, 1.82) is 0 Å². The number of aliphatic hydroxyl groups is 2. The molecule has 1 aromatic carbocycles. The van der Waals surface area contributed by atoms with E-state index in [2.05, 4.69) is 38.7 Å². The molecular formula is C33H49N5O7SSi. The van der Waals surface area contributed by atoms with Gasteiger partial charge >= 0.3 is 10.1 Å². The van der Waals surface area contributed by atoms with Crippen LogP contribution in [0.5, 0.6) is 5.88 Å². The summed E-state index contributed by atoms with van der Waals surface area (Å²) in [5, 5.41) is 23.9. The van der Waals surface area contributed by atoms with Gasteiger partial charge in [-0.3, -0.25) is 4.57 Å². The largest absolute Gasteiger partial charge is 0.495 e. The minimum Gasteiger partial charge on any atom is -0.495 e. The Kier molecular flexibility index (Phi) is 9.83. The first kappa shape index (κ1) is 36.9. The summed E-state index contributed by atoms with van der Waals surface area (Å²) in [6, 6.07) is 3.83. The minimum atomic E-state index is -4.45. The fraction of sp³-hybridized carbons (Fsp3) is 0.636. The summed E-state index contributed by atoms with van der Waals surface area (Å²) in [7, 11) is -0.949. The Morgan fingerprint density at radius 2 is 1.57 bits per heavy atom. The number of ether oxygens (including phenoxy) is 2. The second kappa shape index (κ2) is 12.5. The predicted molar refractivity (Wildman–Crippen MR) is 182 cm³/mol. The summed E-state index contributed by atoms with van der Waals surface area (Å²) in [5.41, 5.74) is 5.04. The van der Waals surface area contributed by atoms with Gasteiger partial charge < -0.3 is 29.6 Å². The first-order valence-electron chi connectivity index (χ1n) is 15.9. The Balaban J connectivity index is 1.84. The summed E-state index contributed by atoms with van der Waals surface area (Å²) < 4.78 is 47.7. The third-order valence-electron chi connectivity index (χ3n) is 8.45. The fourth-order valence-electron chi connectivity index (χ4n) is 5.86. The molecule has 0 saturated carbocycles. The fourth-order valence-corrected chi connectivity index (χ4v) is 8.03. The maximum Gasteiger partial charge on any atom is 0.341 e. The van der Waals surface area contributed by atoms with Crippen molar-refractivity contribution in [2.75, 3.05) is 5.73 Å². The van der Waals surface area contributed by atoms with Crippen molar-refractivity contribution in [3.8, 4) is 5.88 Å². The topological polar surface area (TPSA) is 172 Å². The van der Waals surface area contributed by atoms with Gasteiger partial charge in [-0.25, -0.2) is 4.98 Å². The quantitative estimate of drug-likeness (QED) is 0.210. The number of anilines is 1. The van der Waals surface area contributed by atoms with Crippen LogP contribution in [0.1, 0.15) is 124 Å². The molecule has 2 aromatic heterocycles. The molecule has 4 atom stereocenters. The lowest BCUT2D eigenvalue weighted by atomic mass is 9.70. The van der Waals surface area contributed by atoms with Crippen molar-refractivity contribution < 1.29 is 32.3 Å². The van der Waals surface area contributed by atoms with E-state index in [1.807, 2.05) is 60.6 Å². The molecule has 4 rings (SSSR count). The number of hydrogen-bond acceptors (Lipinski definition) is 11. The molecule has 0 bridgehead atoms. The molecule has 258 valence electrons. The van der Waals surface area contributed by atoms with Gasteiger partial charge in [0.15, 0.2) is 17.4 Å². The lowest BCUT2D eigenvalue weighted by molar-refractivity contribution is -0.136. The van der Waals surface area contributed by atoms with Gasteiger partial charge in [0.25, 0.3) is 5.88 Å². The molecule has 1 fully saturated rings. The third kappa shape index (κ3) is 6.84. The van der Waals surface area contributed by atoms with Gasteiger partial charge in [0.2, 0.25) is 5.95 Å². The highest BCUT2D eigenvalue weighted by Gasteiger charge is 2.63. The molecule has 1 aliphatic heterocycles. The Morgan fingerprint density at radius 1 is 1.02 bits per heavy atom. The lowest BCUT2D eigenvalue weighted by Gasteiger charge is -2.43. The Hall–Kier alpha value is -2.91. The summed E-state index contributed by atoms with van der Waals surface area (Å²) in [6.07, 6.45) is -2.55. The van der Waals surface area contributed by atoms with E-state index in [0.29, 0.717) is 11.1 Å². The van der Waals surface area contributed by atoms with E-state index in [4.69, 9.17) is 19.4 Å². The highest BCUT2D eigenvalue weighted by atomic mass is 32.2. The van der Waals surface area contributed by atoms with Crippen LogP contribution in [-0.4, -0.2) is 76.8 Å². The van der Waals surface area contributed by atoms with E-state index in [1.165, 1.54) is 10.9 Å². The molecule has 3 aromatic rings. The van der Waals surface area contributed by atoms with E-state index in [1.54, 1.807) is 20.8 Å². The number of aliphatic hydroxyl groups excluding tert-OH is 1. The molecular weight excluding hydrogens is 639 g/mol. The summed E-state index contributed by atoms with van der Waals surface area (Å²) in [5.74, 6) is -0.714. The number of hydrogen-bond donors (Lipinski definition) is 3. The molecule has 14 heteroatoms. The van der Waals surface area contributed by atoms with Crippen LogP contribution in [0, 0.1) is 5.41 Å². The molecule has 3 heterocycles. The molecule has 0 aliphatic carbocycles. The van der Waals surface area contributed by atoms with Gasteiger partial charge in [-0.1, -0.05) is 74.4 Å². The van der Waals surface area contributed by atoms with E-state index in [0.717, 1.165) is 5.56 Å². The van der Waals surface area contributed by atoms with Crippen molar-refractivity contribution in [3.05, 3.63) is 35.2 Å². The molecule has 0 amide bonds. The number of nitrogens with two attached hydrogens (primary N) is 1. The number of nitrogens with zero attached hydrogens (tertiary/aromatic N) is 4. The number of rotatable bonds is 9. The van der Waals surface area contributed by atoms with Gasteiger partial charge in [-0.2, -0.15) is 18.4 Å². The van der Waals surface area contributed by atoms with Crippen molar-refractivity contribution in [2.24, 2.45) is 5.41 Å². The van der Waals surface area contributed by atoms with Crippen LogP contribution in [0.4, 0.5) is 5.95 Å². The first-order valence-corrected chi connectivity index (χ1v) is 17.8. The minimum absolute atomic E-state index is 0.0224. The smallest absolute Gasteiger partial charge is 0.341 e. The second-order valence-electron chi connectivity index (χ2n) is 15.2. The molecule has 4 N–H and O–H groups in total. The van der Waals surface area contributed by atoms with Gasteiger partial charge in [0, 0.05) is 0 Å². The maximum absolute atomic E-state index is 14.2. The zero-order valence-corrected chi connectivity index (χ0v) is 31.2. The average Bonchev–Trinajstić information content (AvgIpc) is 3.45. The number of aromatic nitrogens is 4. The summed E-state index contributed by atoms with van der Waals surface area (Å²) in [6.45, 7) is 22.7. The molecule has 0 spiro atoms. The molecule has 0 unspecified atom stereocenters. The standard InChI is InChI=1S/C33H49N5O7SSi/c1-16(2)19-13-20(17(3)4)23(21(14-19)18(5)6)46(41,42)45-27-22-26(36-30(34)37-27)38(15-35-22)28-24(39)33(40,31(7,8)9)25(43-28)29(47)44-32(10,11)12/h13-18,24-25,28,39-40H,1-12H3,(H2,34,36,37)/t24-,25+,28+,33-/m0/s1. The van der Waals surface area contributed by atoms with Crippen molar-refractivity contribution in [1.82, 2.24) is 19.5 Å². The highest BCUT2D eigenvalue weighted by Crippen LogP contribution is 2.49. The lowest BCUT2D eigenvalue weighted by Crippen LogP contribution is -2.60. The molecule has 1 aliphatic rings. The van der Waals surface area contributed by atoms with Gasteiger partial charge in [0.05, 0.1) is 21.8 Å². The van der Waals surface area contributed by atoms with E-state index in [-0.39, 0.29) is 51.0 Å². The summed E-state index contributed by atoms with van der Waals surface area (Å²) in [4.78, 5) is 12.9. The van der Waals surface area contributed by atoms with Crippen LogP contribution in [0.15, 0.2) is 23.4 Å². The number of imidazole rings is 1. The Morgan fingerprint density at radius 3 is 2.04 bits per heavy atom. The van der Waals surface area contributed by atoms with Gasteiger partial charge in [0.1, 0.15) is 28.1 Å². The highest BCUT2D eigenvalue weighted by molar-refractivity contribution is 7.87. The number of benzene rings is 1. The first-order chi connectivity index (χ1) is 21.4.